The van der Waals surface area contributed by atoms with Gasteiger partial charge in [-0.05, 0) is 55.2 Å². The minimum absolute atomic E-state index is 0.0615. The van der Waals surface area contributed by atoms with Gasteiger partial charge in [0.1, 0.15) is 6.04 Å². The summed E-state index contributed by atoms with van der Waals surface area (Å²) in [5, 5.41) is 2.52. The Bertz CT molecular complexity index is 863. The van der Waals surface area contributed by atoms with Crippen molar-refractivity contribution in [1.82, 2.24) is 4.90 Å². The molecule has 1 N–H and O–H groups in total. The first-order chi connectivity index (χ1) is 13.3. The number of nitrogens with zero attached hydrogens (tertiary/aromatic N) is 1. The van der Waals surface area contributed by atoms with Gasteiger partial charge in [0.25, 0.3) is 5.91 Å². The number of likely N-dealkylation sites (tertiary alicyclic amines) is 1. The molecule has 28 heavy (non-hydrogen) atoms. The minimum Gasteiger partial charge on any atom is -0.327 e. The van der Waals surface area contributed by atoms with Gasteiger partial charge >= 0.3 is 6.18 Å². The minimum atomic E-state index is -4.49. The highest BCUT2D eigenvalue weighted by molar-refractivity contribution is 6.01. The standard InChI is InChI=1S/C21H21F3N2O2/c1-2-14-8-10-15(11-9-14)20(28)26-12-4-7-18(26)19(27)25-17-6-3-5-16(13-17)21(22,23)24/h3,5-6,8-11,13,18H,2,4,7,12H2,1H3,(H,25,27)/t18-/m0/s1. The van der Waals surface area contributed by atoms with Crippen LogP contribution < -0.4 is 5.32 Å². The van der Waals surface area contributed by atoms with Crippen LogP contribution in [0.2, 0.25) is 0 Å². The third-order valence-electron chi connectivity index (χ3n) is 4.88. The summed E-state index contributed by atoms with van der Waals surface area (Å²) in [4.78, 5) is 26.9. The number of anilines is 1. The molecule has 1 fully saturated rings. The van der Waals surface area contributed by atoms with Gasteiger partial charge in [-0.15, -0.1) is 0 Å². The summed E-state index contributed by atoms with van der Waals surface area (Å²) >= 11 is 0. The first-order valence-corrected chi connectivity index (χ1v) is 9.17. The van der Waals surface area contributed by atoms with Crippen molar-refractivity contribution in [2.45, 2.75) is 38.4 Å². The molecule has 0 spiro atoms. The molecule has 1 atom stereocenters. The molecule has 0 saturated carbocycles. The molecule has 7 heteroatoms. The third kappa shape index (κ3) is 4.35. The van der Waals surface area contributed by atoms with Gasteiger partial charge in [-0.25, -0.2) is 0 Å². The summed E-state index contributed by atoms with van der Waals surface area (Å²) in [5.41, 5.74) is 0.833. The monoisotopic (exact) mass is 390 g/mol. The molecule has 0 radical (unpaired) electrons. The highest BCUT2D eigenvalue weighted by Crippen LogP contribution is 2.31. The van der Waals surface area contributed by atoms with Gasteiger partial charge in [0.2, 0.25) is 5.91 Å². The maximum Gasteiger partial charge on any atom is 0.416 e. The van der Waals surface area contributed by atoms with E-state index in [1.807, 2.05) is 19.1 Å². The Morgan fingerprint density at radius 1 is 1.14 bits per heavy atom. The Morgan fingerprint density at radius 3 is 2.50 bits per heavy atom. The first-order valence-electron chi connectivity index (χ1n) is 9.17. The fraction of sp³-hybridized carbons (Fsp3) is 0.333. The molecule has 2 amide bonds. The number of carbonyl (C=O) groups excluding carboxylic acids is 2. The van der Waals surface area contributed by atoms with Crippen molar-refractivity contribution in [2.24, 2.45) is 0 Å². The van der Waals surface area contributed by atoms with Gasteiger partial charge in [0, 0.05) is 17.8 Å². The average molecular weight is 390 g/mol. The van der Waals surface area contributed by atoms with Crippen LogP contribution in [0.15, 0.2) is 48.5 Å². The van der Waals surface area contributed by atoms with Gasteiger partial charge in [-0.2, -0.15) is 13.2 Å². The zero-order valence-electron chi connectivity index (χ0n) is 15.4. The number of hydrogen-bond acceptors (Lipinski definition) is 2. The SMILES string of the molecule is CCc1ccc(C(=O)N2CCC[C@H]2C(=O)Nc2cccc(C(F)(F)F)c2)cc1. The lowest BCUT2D eigenvalue weighted by Crippen LogP contribution is -2.43. The van der Waals surface area contributed by atoms with Gasteiger partial charge in [0.15, 0.2) is 0 Å². The number of nitrogens with one attached hydrogen (secondary N) is 1. The number of alkyl halides is 3. The summed E-state index contributed by atoms with van der Waals surface area (Å²) in [6, 6.07) is 11.0. The van der Waals surface area contributed by atoms with Crippen LogP contribution in [-0.4, -0.2) is 29.3 Å². The van der Waals surface area contributed by atoms with Crippen molar-refractivity contribution in [3.63, 3.8) is 0 Å². The van der Waals surface area contributed by atoms with Crippen LogP contribution in [0, 0.1) is 0 Å². The summed E-state index contributed by atoms with van der Waals surface area (Å²) < 4.78 is 38.6. The molecule has 0 unspecified atom stereocenters. The van der Waals surface area contributed by atoms with E-state index in [0.29, 0.717) is 24.9 Å². The number of hydrogen-bond donors (Lipinski definition) is 1. The molecule has 3 rings (SSSR count). The van der Waals surface area contributed by atoms with Crippen LogP contribution in [0.5, 0.6) is 0 Å². The fourth-order valence-corrected chi connectivity index (χ4v) is 3.33. The second-order valence-corrected chi connectivity index (χ2v) is 6.77. The summed E-state index contributed by atoms with van der Waals surface area (Å²) in [6.45, 7) is 2.46. The van der Waals surface area contributed by atoms with Crippen LogP contribution in [0.1, 0.15) is 41.3 Å². The molecule has 2 aromatic rings. The Labute approximate surface area is 161 Å². The van der Waals surface area contributed by atoms with Crippen LogP contribution in [0.4, 0.5) is 18.9 Å². The number of carbonyl (C=O) groups is 2. The van der Waals surface area contributed by atoms with E-state index in [4.69, 9.17) is 0 Å². The van der Waals surface area contributed by atoms with E-state index < -0.39 is 23.7 Å². The largest absolute Gasteiger partial charge is 0.416 e. The molecule has 2 aromatic carbocycles. The van der Waals surface area contributed by atoms with Gasteiger partial charge in [0.05, 0.1) is 5.56 Å². The van der Waals surface area contributed by atoms with Crippen molar-refractivity contribution in [2.75, 3.05) is 11.9 Å². The molecule has 148 valence electrons. The van der Waals surface area contributed by atoms with E-state index in [1.165, 1.54) is 17.0 Å². The fourth-order valence-electron chi connectivity index (χ4n) is 3.33. The molecule has 0 aromatic heterocycles. The van der Waals surface area contributed by atoms with E-state index in [1.54, 1.807) is 12.1 Å². The second-order valence-electron chi connectivity index (χ2n) is 6.77. The van der Waals surface area contributed by atoms with Crippen molar-refractivity contribution in [3.05, 3.63) is 65.2 Å². The van der Waals surface area contributed by atoms with E-state index in [2.05, 4.69) is 5.32 Å². The van der Waals surface area contributed by atoms with Crippen LogP contribution >= 0.6 is 0 Å². The van der Waals surface area contributed by atoms with E-state index in [0.717, 1.165) is 24.1 Å². The lowest BCUT2D eigenvalue weighted by molar-refractivity contribution is -0.137. The van der Waals surface area contributed by atoms with Gasteiger partial charge < -0.3 is 10.2 Å². The van der Waals surface area contributed by atoms with E-state index in [-0.39, 0.29) is 11.6 Å². The maximum absolute atomic E-state index is 12.9. The quantitative estimate of drug-likeness (QED) is 0.835. The maximum atomic E-state index is 12.9. The number of amides is 2. The predicted octanol–water partition coefficient (Wildman–Crippen LogP) is 4.51. The number of aryl methyl sites for hydroxylation is 1. The Balaban J connectivity index is 1.73. The number of halogens is 3. The topological polar surface area (TPSA) is 49.4 Å². The van der Waals surface area contributed by atoms with Gasteiger partial charge in [-0.3, -0.25) is 9.59 Å². The highest BCUT2D eigenvalue weighted by Gasteiger charge is 2.35. The number of rotatable bonds is 4. The first kappa shape index (κ1) is 19.9. The van der Waals surface area contributed by atoms with Crippen molar-refractivity contribution in [1.29, 1.82) is 0 Å². The van der Waals surface area contributed by atoms with E-state index >= 15 is 0 Å². The molecular formula is C21H21F3N2O2. The lowest BCUT2D eigenvalue weighted by atomic mass is 10.1. The normalized spacial score (nSPS) is 16.9. The predicted molar refractivity (Wildman–Crippen MR) is 100.0 cm³/mol. The zero-order chi connectivity index (χ0) is 20.3. The molecule has 1 aliphatic rings. The second kappa shape index (κ2) is 8.04. The van der Waals surface area contributed by atoms with Gasteiger partial charge in [-0.1, -0.05) is 25.1 Å². The van der Waals surface area contributed by atoms with E-state index in [9.17, 15) is 22.8 Å². The van der Waals surface area contributed by atoms with Crippen molar-refractivity contribution >= 4 is 17.5 Å². The van der Waals surface area contributed by atoms with Crippen LogP contribution in [0.3, 0.4) is 0 Å². The zero-order valence-corrected chi connectivity index (χ0v) is 15.4. The Kier molecular flexibility index (Phi) is 5.72. The molecule has 0 aliphatic carbocycles. The molecule has 1 aliphatic heterocycles. The summed E-state index contributed by atoms with van der Waals surface area (Å²) in [7, 11) is 0. The summed E-state index contributed by atoms with van der Waals surface area (Å²) in [6.07, 6.45) is -2.48. The lowest BCUT2D eigenvalue weighted by Gasteiger charge is -2.24. The number of benzene rings is 2. The van der Waals surface area contributed by atoms with Crippen molar-refractivity contribution < 1.29 is 22.8 Å². The molecule has 4 nitrogen and oxygen atoms in total. The Morgan fingerprint density at radius 2 is 1.86 bits per heavy atom. The smallest absolute Gasteiger partial charge is 0.327 e. The third-order valence-corrected chi connectivity index (χ3v) is 4.88. The highest BCUT2D eigenvalue weighted by atomic mass is 19.4. The summed E-state index contributed by atoms with van der Waals surface area (Å²) in [5.74, 6) is -0.723. The molecular weight excluding hydrogens is 369 g/mol. The van der Waals surface area contributed by atoms with Crippen LogP contribution in [-0.2, 0) is 17.4 Å². The van der Waals surface area contributed by atoms with Crippen LogP contribution in [0.25, 0.3) is 0 Å². The molecule has 1 heterocycles. The average Bonchev–Trinajstić information content (AvgIpc) is 3.17. The van der Waals surface area contributed by atoms with Crippen molar-refractivity contribution in [3.8, 4) is 0 Å². The molecule has 0 bridgehead atoms. The molecule has 1 saturated heterocycles. The Hall–Kier alpha value is -2.83.